The van der Waals surface area contributed by atoms with Gasteiger partial charge in [-0.15, -0.1) is 0 Å². The Balaban J connectivity index is 2.24. The normalized spacial score (nSPS) is 23.2. The van der Waals surface area contributed by atoms with Gasteiger partial charge in [-0.25, -0.2) is 0 Å². The average Bonchev–Trinajstić information content (AvgIpc) is 2.38. The molecule has 17 heavy (non-hydrogen) atoms. The van der Waals surface area contributed by atoms with E-state index in [-0.39, 0.29) is 18.6 Å². The van der Waals surface area contributed by atoms with Crippen LogP contribution in [0.15, 0.2) is 36.4 Å². The molecule has 0 bridgehead atoms. The van der Waals surface area contributed by atoms with Crippen LogP contribution in [-0.2, 0) is 0 Å². The molecule has 0 fully saturated rings. The van der Waals surface area contributed by atoms with Crippen molar-refractivity contribution in [3.8, 4) is 5.75 Å². The Morgan fingerprint density at radius 1 is 1.24 bits per heavy atom. The van der Waals surface area contributed by atoms with Gasteiger partial charge in [0.1, 0.15) is 5.75 Å². The van der Waals surface area contributed by atoms with E-state index in [0.717, 1.165) is 22.1 Å². The second kappa shape index (κ2) is 4.02. The monoisotopic (exact) mass is 229 g/mol. The van der Waals surface area contributed by atoms with Crippen molar-refractivity contribution >= 4 is 10.8 Å². The Bertz CT molecular complexity index is 553. The summed E-state index contributed by atoms with van der Waals surface area (Å²) in [6.45, 7) is 0.548. The van der Waals surface area contributed by atoms with Crippen molar-refractivity contribution in [2.24, 2.45) is 11.7 Å². The number of rotatable bonds is 1. The number of hydrogen-bond acceptors (Lipinski definition) is 3. The Morgan fingerprint density at radius 2 is 2.06 bits per heavy atom. The Labute approximate surface area is 99.8 Å². The van der Waals surface area contributed by atoms with Crippen LogP contribution in [0.5, 0.6) is 5.75 Å². The molecule has 0 aliphatic carbocycles. The summed E-state index contributed by atoms with van der Waals surface area (Å²) in [7, 11) is 0. The van der Waals surface area contributed by atoms with Crippen LogP contribution in [0.3, 0.4) is 0 Å². The minimum atomic E-state index is -0.158. The van der Waals surface area contributed by atoms with E-state index in [1.807, 2.05) is 24.3 Å². The van der Waals surface area contributed by atoms with Crippen LogP contribution in [0.25, 0.3) is 10.8 Å². The minimum absolute atomic E-state index is 0.0201. The van der Waals surface area contributed by atoms with Gasteiger partial charge in [-0.2, -0.15) is 0 Å². The third kappa shape index (κ3) is 1.59. The number of fused-ring (bicyclic) bond motifs is 3. The molecular weight excluding hydrogens is 214 g/mol. The summed E-state index contributed by atoms with van der Waals surface area (Å²) in [5, 5.41) is 11.6. The molecule has 0 aromatic heterocycles. The summed E-state index contributed by atoms with van der Waals surface area (Å²) in [5.41, 5.74) is 7.25. The molecule has 2 aromatic carbocycles. The highest BCUT2D eigenvalue weighted by atomic mass is 16.5. The molecule has 0 saturated carbocycles. The fourth-order valence-corrected chi connectivity index (χ4v) is 2.45. The predicted molar refractivity (Wildman–Crippen MR) is 66.9 cm³/mol. The van der Waals surface area contributed by atoms with E-state index in [2.05, 4.69) is 12.1 Å². The van der Waals surface area contributed by atoms with Crippen molar-refractivity contribution < 1.29 is 9.84 Å². The summed E-state index contributed by atoms with van der Waals surface area (Å²) in [6, 6.07) is 12.0. The third-order valence-electron chi connectivity index (χ3n) is 3.46. The van der Waals surface area contributed by atoms with Gasteiger partial charge in [-0.3, -0.25) is 0 Å². The van der Waals surface area contributed by atoms with Crippen LogP contribution in [0, 0.1) is 5.92 Å². The van der Waals surface area contributed by atoms with Crippen molar-refractivity contribution in [1.29, 1.82) is 0 Å². The molecule has 0 saturated heterocycles. The molecule has 3 N–H and O–H groups in total. The maximum atomic E-state index is 9.30. The minimum Gasteiger partial charge on any atom is -0.493 e. The number of ether oxygens (including phenoxy) is 1. The molecule has 3 rings (SSSR count). The van der Waals surface area contributed by atoms with Gasteiger partial charge in [0, 0.05) is 17.5 Å². The maximum absolute atomic E-state index is 9.30. The molecule has 1 aliphatic rings. The molecule has 0 unspecified atom stereocenters. The average molecular weight is 229 g/mol. The van der Waals surface area contributed by atoms with Crippen LogP contribution < -0.4 is 10.5 Å². The molecule has 2 atom stereocenters. The fraction of sp³-hybridized carbons (Fsp3) is 0.286. The van der Waals surface area contributed by atoms with Gasteiger partial charge < -0.3 is 15.6 Å². The number of nitrogens with two attached hydrogens (primary N) is 1. The van der Waals surface area contributed by atoms with E-state index in [0.29, 0.717) is 6.61 Å². The highest BCUT2D eigenvalue weighted by Crippen LogP contribution is 2.38. The zero-order valence-electron chi connectivity index (χ0n) is 9.47. The summed E-state index contributed by atoms with van der Waals surface area (Å²) in [4.78, 5) is 0. The van der Waals surface area contributed by atoms with Crippen LogP contribution in [-0.4, -0.2) is 18.3 Å². The topological polar surface area (TPSA) is 55.5 Å². The number of benzene rings is 2. The molecule has 0 radical (unpaired) electrons. The highest BCUT2D eigenvalue weighted by molar-refractivity contribution is 5.88. The van der Waals surface area contributed by atoms with E-state index in [9.17, 15) is 5.11 Å². The van der Waals surface area contributed by atoms with E-state index >= 15 is 0 Å². The quantitative estimate of drug-likeness (QED) is 0.784. The van der Waals surface area contributed by atoms with Crippen molar-refractivity contribution in [1.82, 2.24) is 0 Å². The largest absolute Gasteiger partial charge is 0.493 e. The van der Waals surface area contributed by atoms with Crippen molar-refractivity contribution in [2.75, 3.05) is 13.2 Å². The van der Waals surface area contributed by atoms with Gasteiger partial charge in [0.2, 0.25) is 0 Å². The fourth-order valence-electron chi connectivity index (χ4n) is 2.45. The Hall–Kier alpha value is -1.58. The zero-order valence-corrected chi connectivity index (χ0v) is 9.47. The molecule has 1 heterocycles. The van der Waals surface area contributed by atoms with Crippen molar-refractivity contribution in [2.45, 2.75) is 6.04 Å². The second-order valence-electron chi connectivity index (χ2n) is 4.48. The first-order chi connectivity index (χ1) is 8.31. The first-order valence-electron chi connectivity index (χ1n) is 5.82. The Kier molecular flexibility index (Phi) is 2.50. The van der Waals surface area contributed by atoms with Crippen LogP contribution in [0.2, 0.25) is 0 Å². The molecule has 1 aliphatic heterocycles. The van der Waals surface area contributed by atoms with E-state index in [4.69, 9.17) is 10.5 Å². The van der Waals surface area contributed by atoms with Crippen LogP contribution in [0.4, 0.5) is 0 Å². The van der Waals surface area contributed by atoms with Crippen molar-refractivity contribution in [3.63, 3.8) is 0 Å². The first-order valence-corrected chi connectivity index (χ1v) is 5.82. The molecule has 3 heteroatoms. The van der Waals surface area contributed by atoms with Gasteiger partial charge in [0.25, 0.3) is 0 Å². The van der Waals surface area contributed by atoms with E-state index < -0.39 is 0 Å². The lowest BCUT2D eigenvalue weighted by atomic mass is 9.88. The van der Waals surface area contributed by atoms with Crippen molar-refractivity contribution in [3.05, 3.63) is 42.0 Å². The van der Waals surface area contributed by atoms with E-state index in [1.54, 1.807) is 0 Å². The SMILES string of the molecule is N[C@@H]1c2c(ccc3ccccc23)OC[C@H]1CO. The summed E-state index contributed by atoms with van der Waals surface area (Å²) in [6.07, 6.45) is 0. The molecule has 2 aromatic rings. The standard InChI is InChI=1S/C14H15NO2/c15-14-10(7-16)8-17-12-6-5-9-3-1-2-4-11(9)13(12)14/h1-6,10,14,16H,7-8,15H2/t10-,14+/m1/s1. The predicted octanol–water partition coefficient (Wildman–Crippen LogP) is 1.84. The number of aliphatic hydroxyl groups is 1. The van der Waals surface area contributed by atoms with Gasteiger partial charge in [-0.1, -0.05) is 30.3 Å². The summed E-state index contributed by atoms with van der Waals surface area (Å²) < 4.78 is 5.67. The Morgan fingerprint density at radius 3 is 2.88 bits per heavy atom. The number of hydrogen-bond donors (Lipinski definition) is 2. The van der Waals surface area contributed by atoms with Crippen LogP contribution in [0.1, 0.15) is 11.6 Å². The molecule has 0 amide bonds. The molecule has 88 valence electrons. The zero-order chi connectivity index (χ0) is 11.8. The van der Waals surface area contributed by atoms with Gasteiger partial charge in [0.05, 0.1) is 13.2 Å². The van der Waals surface area contributed by atoms with Gasteiger partial charge in [-0.05, 0) is 16.8 Å². The smallest absolute Gasteiger partial charge is 0.124 e. The summed E-state index contributed by atoms with van der Waals surface area (Å²) >= 11 is 0. The molecule has 0 spiro atoms. The molecular formula is C14H15NO2. The maximum Gasteiger partial charge on any atom is 0.124 e. The van der Waals surface area contributed by atoms with Gasteiger partial charge >= 0.3 is 0 Å². The van der Waals surface area contributed by atoms with Gasteiger partial charge in [0.15, 0.2) is 0 Å². The van der Waals surface area contributed by atoms with E-state index in [1.165, 1.54) is 0 Å². The highest BCUT2D eigenvalue weighted by Gasteiger charge is 2.28. The number of aliphatic hydroxyl groups excluding tert-OH is 1. The summed E-state index contributed by atoms with van der Waals surface area (Å²) in [5.74, 6) is 0.828. The van der Waals surface area contributed by atoms with Crippen LogP contribution >= 0.6 is 0 Å². The lowest BCUT2D eigenvalue weighted by Gasteiger charge is -2.31. The lowest BCUT2D eigenvalue weighted by Crippen LogP contribution is -2.33. The molecule has 3 nitrogen and oxygen atoms in total. The first kappa shape index (κ1) is 10.6. The second-order valence-corrected chi connectivity index (χ2v) is 4.48. The third-order valence-corrected chi connectivity index (χ3v) is 3.46. The lowest BCUT2D eigenvalue weighted by molar-refractivity contribution is 0.125.